The van der Waals surface area contributed by atoms with Gasteiger partial charge in [-0.3, -0.25) is 15.1 Å². The average Bonchev–Trinajstić information content (AvgIpc) is 3.19. The van der Waals surface area contributed by atoms with Crippen LogP contribution in [0.2, 0.25) is 0 Å². The van der Waals surface area contributed by atoms with Crippen LogP contribution < -0.4 is 5.32 Å². The lowest BCUT2D eigenvalue weighted by atomic mass is 10.1. The predicted octanol–water partition coefficient (Wildman–Crippen LogP) is 2.31. The lowest BCUT2D eigenvalue weighted by Crippen LogP contribution is -2.34. The topological polar surface area (TPSA) is 68.1 Å². The molecule has 1 fully saturated rings. The third-order valence-electron chi connectivity index (χ3n) is 3.29. The van der Waals surface area contributed by atoms with E-state index in [1.807, 2.05) is 0 Å². The van der Waals surface area contributed by atoms with Crippen molar-refractivity contribution in [3.8, 4) is 0 Å². The van der Waals surface area contributed by atoms with E-state index in [1.165, 1.54) is 25.1 Å². The largest absolute Gasteiger partial charge is 0.313 e. The SMILES string of the molecule is CCCNC(Cc1cc([N+](=O)[O-])ccn1)C1CC1. The molecular formula is C13H19N3O2. The number of nitrogens with zero attached hydrogens (tertiary/aromatic N) is 2. The first-order chi connectivity index (χ1) is 8.70. The molecule has 5 heteroatoms. The summed E-state index contributed by atoms with van der Waals surface area (Å²) in [5, 5.41) is 14.2. The Kier molecular flexibility index (Phi) is 4.25. The van der Waals surface area contributed by atoms with Crippen molar-refractivity contribution in [3.05, 3.63) is 34.1 Å². The molecule has 0 amide bonds. The summed E-state index contributed by atoms with van der Waals surface area (Å²) in [5.41, 5.74) is 0.940. The fourth-order valence-corrected chi connectivity index (χ4v) is 2.15. The molecule has 0 spiro atoms. The zero-order chi connectivity index (χ0) is 13.0. The Morgan fingerprint density at radius 1 is 1.61 bits per heavy atom. The molecule has 0 bridgehead atoms. The molecule has 1 heterocycles. The Labute approximate surface area is 107 Å². The third kappa shape index (κ3) is 3.50. The fraction of sp³-hybridized carbons (Fsp3) is 0.615. The maximum atomic E-state index is 10.7. The zero-order valence-electron chi connectivity index (χ0n) is 10.6. The highest BCUT2D eigenvalue weighted by Crippen LogP contribution is 2.34. The van der Waals surface area contributed by atoms with Gasteiger partial charge in [-0.2, -0.15) is 0 Å². The molecule has 1 atom stereocenters. The molecule has 0 aromatic carbocycles. The lowest BCUT2D eigenvalue weighted by Gasteiger charge is -2.17. The van der Waals surface area contributed by atoms with Crippen molar-refractivity contribution in [3.63, 3.8) is 0 Å². The molecule has 1 saturated carbocycles. The van der Waals surface area contributed by atoms with Crippen LogP contribution in [-0.4, -0.2) is 22.5 Å². The van der Waals surface area contributed by atoms with Crippen molar-refractivity contribution in [1.82, 2.24) is 10.3 Å². The second-order valence-electron chi connectivity index (χ2n) is 4.86. The Hall–Kier alpha value is -1.49. The maximum absolute atomic E-state index is 10.7. The van der Waals surface area contributed by atoms with E-state index in [9.17, 15) is 10.1 Å². The summed E-state index contributed by atoms with van der Waals surface area (Å²) in [6.07, 6.45) is 5.93. The van der Waals surface area contributed by atoms with Crippen molar-refractivity contribution in [2.75, 3.05) is 6.54 Å². The van der Waals surface area contributed by atoms with Crippen LogP contribution in [0.5, 0.6) is 0 Å². The molecule has 0 aliphatic heterocycles. The van der Waals surface area contributed by atoms with Gasteiger partial charge in [0.25, 0.3) is 5.69 Å². The Morgan fingerprint density at radius 2 is 2.39 bits per heavy atom. The van der Waals surface area contributed by atoms with Gasteiger partial charge in [0.1, 0.15) is 0 Å². The van der Waals surface area contributed by atoms with Crippen LogP contribution in [0, 0.1) is 16.0 Å². The van der Waals surface area contributed by atoms with E-state index in [4.69, 9.17) is 0 Å². The zero-order valence-corrected chi connectivity index (χ0v) is 10.6. The molecule has 0 radical (unpaired) electrons. The second kappa shape index (κ2) is 5.91. The monoisotopic (exact) mass is 249 g/mol. The van der Waals surface area contributed by atoms with Gasteiger partial charge in [0, 0.05) is 36.5 Å². The van der Waals surface area contributed by atoms with Gasteiger partial charge in [-0.25, -0.2) is 0 Å². The van der Waals surface area contributed by atoms with Crippen LogP contribution in [0.4, 0.5) is 5.69 Å². The van der Waals surface area contributed by atoms with E-state index >= 15 is 0 Å². The summed E-state index contributed by atoms with van der Waals surface area (Å²) < 4.78 is 0. The molecule has 1 aliphatic carbocycles. The number of hydrogen-bond acceptors (Lipinski definition) is 4. The molecule has 18 heavy (non-hydrogen) atoms. The van der Waals surface area contributed by atoms with E-state index < -0.39 is 0 Å². The van der Waals surface area contributed by atoms with Crippen molar-refractivity contribution in [2.45, 2.75) is 38.6 Å². The predicted molar refractivity (Wildman–Crippen MR) is 69.4 cm³/mol. The standard InChI is InChI=1S/C13H19N3O2/c1-2-6-15-13(10-3-4-10)9-11-8-12(16(17)18)5-7-14-11/h5,7-8,10,13,15H,2-4,6,9H2,1H3. The highest BCUT2D eigenvalue weighted by molar-refractivity contribution is 5.30. The van der Waals surface area contributed by atoms with Crippen LogP contribution in [0.3, 0.4) is 0 Å². The fourth-order valence-electron chi connectivity index (χ4n) is 2.15. The van der Waals surface area contributed by atoms with Gasteiger partial charge in [0.15, 0.2) is 0 Å². The number of hydrogen-bond donors (Lipinski definition) is 1. The normalized spacial score (nSPS) is 16.5. The number of pyridine rings is 1. The van der Waals surface area contributed by atoms with Crippen molar-refractivity contribution in [2.24, 2.45) is 5.92 Å². The number of rotatable bonds is 7. The maximum Gasteiger partial charge on any atom is 0.272 e. The second-order valence-corrected chi connectivity index (χ2v) is 4.86. The van der Waals surface area contributed by atoms with E-state index in [1.54, 1.807) is 6.07 Å². The van der Waals surface area contributed by atoms with Gasteiger partial charge in [-0.15, -0.1) is 0 Å². The third-order valence-corrected chi connectivity index (χ3v) is 3.29. The van der Waals surface area contributed by atoms with Crippen molar-refractivity contribution < 1.29 is 4.92 Å². The van der Waals surface area contributed by atoms with Crippen LogP contribution in [0.1, 0.15) is 31.9 Å². The van der Waals surface area contributed by atoms with Gasteiger partial charge in [0.2, 0.25) is 0 Å². The molecular weight excluding hydrogens is 230 g/mol. The van der Waals surface area contributed by atoms with Gasteiger partial charge in [-0.1, -0.05) is 6.92 Å². The first kappa shape index (κ1) is 13.0. The first-order valence-corrected chi connectivity index (χ1v) is 6.53. The molecule has 5 nitrogen and oxygen atoms in total. The summed E-state index contributed by atoms with van der Waals surface area (Å²) in [4.78, 5) is 14.6. The minimum atomic E-state index is -0.364. The molecule has 1 unspecified atom stereocenters. The van der Waals surface area contributed by atoms with Crippen LogP contribution in [0.15, 0.2) is 18.3 Å². The summed E-state index contributed by atoms with van der Waals surface area (Å²) >= 11 is 0. The van der Waals surface area contributed by atoms with Crippen LogP contribution in [-0.2, 0) is 6.42 Å². The van der Waals surface area contributed by atoms with E-state index in [2.05, 4.69) is 17.2 Å². The van der Waals surface area contributed by atoms with Gasteiger partial charge in [0.05, 0.1) is 4.92 Å². The minimum Gasteiger partial charge on any atom is -0.313 e. The lowest BCUT2D eigenvalue weighted by molar-refractivity contribution is -0.385. The van der Waals surface area contributed by atoms with E-state index in [-0.39, 0.29) is 10.6 Å². The Morgan fingerprint density at radius 3 is 3.00 bits per heavy atom. The Bertz CT molecular complexity index is 418. The molecule has 0 saturated heterocycles. The van der Waals surface area contributed by atoms with Crippen LogP contribution in [0.25, 0.3) is 0 Å². The quantitative estimate of drug-likeness (QED) is 0.594. The van der Waals surface area contributed by atoms with Crippen molar-refractivity contribution in [1.29, 1.82) is 0 Å². The Balaban J connectivity index is 2.01. The number of nitrogens with one attached hydrogen (secondary N) is 1. The summed E-state index contributed by atoms with van der Waals surface area (Å²) in [7, 11) is 0. The summed E-state index contributed by atoms with van der Waals surface area (Å²) in [5.74, 6) is 0.720. The van der Waals surface area contributed by atoms with Crippen molar-refractivity contribution >= 4 is 5.69 Å². The van der Waals surface area contributed by atoms with Gasteiger partial charge >= 0.3 is 0 Å². The molecule has 2 rings (SSSR count). The molecule has 1 aromatic rings. The summed E-state index contributed by atoms with van der Waals surface area (Å²) in [6.45, 7) is 3.14. The highest BCUT2D eigenvalue weighted by Gasteiger charge is 2.31. The highest BCUT2D eigenvalue weighted by atomic mass is 16.6. The van der Waals surface area contributed by atoms with Gasteiger partial charge in [-0.05, 0) is 31.7 Å². The number of nitro groups is 1. The minimum absolute atomic E-state index is 0.130. The van der Waals surface area contributed by atoms with E-state index in [0.717, 1.165) is 31.0 Å². The van der Waals surface area contributed by atoms with Gasteiger partial charge < -0.3 is 5.32 Å². The number of aromatic nitrogens is 1. The van der Waals surface area contributed by atoms with Crippen LogP contribution >= 0.6 is 0 Å². The first-order valence-electron chi connectivity index (χ1n) is 6.53. The molecule has 1 N–H and O–H groups in total. The molecule has 1 aromatic heterocycles. The molecule has 98 valence electrons. The van der Waals surface area contributed by atoms with E-state index in [0.29, 0.717) is 6.04 Å². The smallest absolute Gasteiger partial charge is 0.272 e. The average molecular weight is 249 g/mol. The summed E-state index contributed by atoms with van der Waals surface area (Å²) in [6, 6.07) is 3.44. The molecule has 1 aliphatic rings.